The summed E-state index contributed by atoms with van der Waals surface area (Å²) in [7, 11) is 3.71. The molecule has 1 heterocycles. The summed E-state index contributed by atoms with van der Waals surface area (Å²) in [6.07, 6.45) is 8.21. The molecule has 0 unspecified atom stereocenters. The molecule has 0 amide bonds. The lowest BCUT2D eigenvalue weighted by Gasteiger charge is -2.30. The monoisotopic (exact) mass is 363 g/mol. The molecule has 140 valence electrons. The van der Waals surface area contributed by atoms with Crippen LogP contribution in [-0.2, 0) is 11.3 Å². The number of fused-ring (bicyclic) bond motifs is 1. The predicted octanol–water partition coefficient (Wildman–Crippen LogP) is 4.73. The van der Waals surface area contributed by atoms with Gasteiger partial charge in [0.1, 0.15) is 11.9 Å². The number of nitrogens with zero attached hydrogens (tertiary/aromatic N) is 1. The molecule has 1 aliphatic rings. The Morgan fingerprint density at radius 1 is 1.22 bits per heavy atom. The van der Waals surface area contributed by atoms with E-state index in [0.717, 1.165) is 40.2 Å². The van der Waals surface area contributed by atoms with Gasteiger partial charge < -0.3 is 14.4 Å². The number of rotatable bonds is 6. The Labute approximate surface area is 160 Å². The third kappa shape index (κ3) is 4.22. The zero-order valence-corrected chi connectivity index (χ0v) is 16.2. The third-order valence-corrected chi connectivity index (χ3v) is 4.54. The first-order chi connectivity index (χ1) is 12.9. The van der Waals surface area contributed by atoms with Crippen molar-refractivity contribution in [1.82, 2.24) is 0 Å². The van der Waals surface area contributed by atoms with Crippen LogP contribution in [0.2, 0.25) is 0 Å². The zero-order valence-electron chi connectivity index (χ0n) is 16.2. The van der Waals surface area contributed by atoms with Crippen LogP contribution >= 0.6 is 0 Å². The number of methoxy groups -OCH3 is 1. The standard InChI is InChI=1S/C23H25NO3/c1-23(2)13-12-18-10-11-19(21(26-4)22(18)27-23)16-24(3)20-9-5-7-17(15-20)8-6-14-25/h5-15H,16H2,1-4H3/b8-6+. The molecule has 0 aromatic heterocycles. The largest absolute Gasteiger partial charge is 0.492 e. The van der Waals surface area contributed by atoms with Gasteiger partial charge in [-0.25, -0.2) is 0 Å². The van der Waals surface area contributed by atoms with E-state index in [-0.39, 0.29) is 5.60 Å². The number of carbonyl (C=O) groups excluding carboxylic acids is 1. The van der Waals surface area contributed by atoms with Gasteiger partial charge >= 0.3 is 0 Å². The van der Waals surface area contributed by atoms with Crippen LogP contribution in [0.3, 0.4) is 0 Å². The maximum Gasteiger partial charge on any atom is 0.170 e. The van der Waals surface area contributed by atoms with Gasteiger partial charge in [0.15, 0.2) is 11.5 Å². The average Bonchev–Trinajstić information content (AvgIpc) is 2.65. The van der Waals surface area contributed by atoms with E-state index < -0.39 is 0 Å². The molecule has 0 spiro atoms. The summed E-state index contributed by atoms with van der Waals surface area (Å²) in [4.78, 5) is 12.7. The fraction of sp³-hybridized carbons (Fsp3) is 0.261. The number of anilines is 1. The molecule has 2 aromatic carbocycles. The van der Waals surface area contributed by atoms with Crippen molar-refractivity contribution in [2.24, 2.45) is 0 Å². The molecule has 27 heavy (non-hydrogen) atoms. The van der Waals surface area contributed by atoms with E-state index >= 15 is 0 Å². The Kier molecular flexibility index (Phi) is 5.36. The summed E-state index contributed by atoms with van der Waals surface area (Å²) >= 11 is 0. The molecular weight excluding hydrogens is 338 g/mol. The Morgan fingerprint density at radius 2 is 2.04 bits per heavy atom. The molecule has 0 bridgehead atoms. The SMILES string of the molecule is COc1c(CN(C)c2cccc(/C=C/C=O)c2)ccc2c1OC(C)(C)C=C2. The normalized spacial score (nSPS) is 14.5. The van der Waals surface area contributed by atoms with Crippen LogP contribution in [0.1, 0.15) is 30.5 Å². The first-order valence-corrected chi connectivity index (χ1v) is 8.95. The predicted molar refractivity (Wildman–Crippen MR) is 110 cm³/mol. The van der Waals surface area contributed by atoms with Gasteiger partial charge in [-0.3, -0.25) is 4.79 Å². The number of hydrogen-bond acceptors (Lipinski definition) is 4. The van der Waals surface area contributed by atoms with Crippen LogP contribution in [0.25, 0.3) is 12.2 Å². The average molecular weight is 363 g/mol. The minimum Gasteiger partial charge on any atom is -0.492 e. The summed E-state index contributed by atoms with van der Waals surface area (Å²) in [6.45, 7) is 4.73. The van der Waals surface area contributed by atoms with Gasteiger partial charge in [-0.15, -0.1) is 0 Å². The molecule has 4 heteroatoms. The van der Waals surface area contributed by atoms with E-state index in [1.165, 1.54) is 6.08 Å². The molecule has 2 aromatic rings. The molecule has 0 atom stereocenters. The van der Waals surface area contributed by atoms with Crippen LogP contribution < -0.4 is 14.4 Å². The number of allylic oxidation sites excluding steroid dienone is 1. The third-order valence-electron chi connectivity index (χ3n) is 4.54. The van der Waals surface area contributed by atoms with Gasteiger partial charge in [-0.05, 0) is 43.7 Å². The first-order valence-electron chi connectivity index (χ1n) is 8.95. The van der Waals surface area contributed by atoms with E-state index in [1.54, 1.807) is 13.2 Å². The molecule has 3 rings (SSSR count). The number of ether oxygens (including phenoxy) is 2. The molecule has 0 fully saturated rings. The number of hydrogen-bond donors (Lipinski definition) is 0. The van der Waals surface area contributed by atoms with Gasteiger partial charge in [0.2, 0.25) is 0 Å². The second-order valence-electron chi connectivity index (χ2n) is 7.16. The highest BCUT2D eigenvalue weighted by Crippen LogP contribution is 2.41. The zero-order chi connectivity index (χ0) is 19.4. The van der Waals surface area contributed by atoms with E-state index in [9.17, 15) is 4.79 Å². The van der Waals surface area contributed by atoms with Crippen molar-refractivity contribution in [2.45, 2.75) is 26.0 Å². The van der Waals surface area contributed by atoms with Crippen molar-refractivity contribution >= 4 is 24.1 Å². The van der Waals surface area contributed by atoms with Gasteiger partial charge in [0.05, 0.1) is 7.11 Å². The van der Waals surface area contributed by atoms with Crippen LogP contribution in [0.15, 0.2) is 48.6 Å². The maximum absolute atomic E-state index is 10.5. The van der Waals surface area contributed by atoms with Crippen LogP contribution in [-0.4, -0.2) is 26.0 Å². The van der Waals surface area contributed by atoms with Gasteiger partial charge in [-0.1, -0.05) is 36.4 Å². The fourth-order valence-corrected chi connectivity index (χ4v) is 3.15. The minimum atomic E-state index is -0.357. The van der Waals surface area contributed by atoms with Crippen molar-refractivity contribution in [3.8, 4) is 11.5 Å². The summed E-state index contributed by atoms with van der Waals surface area (Å²) < 4.78 is 11.9. The summed E-state index contributed by atoms with van der Waals surface area (Å²) in [6, 6.07) is 12.2. The van der Waals surface area contributed by atoms with E-state index in [4.69, 9.17) is 9.47 Å². The Balaban J connectivity index is 1.89. The molecule has 0 N–H and O–H groups in total. The lowest BCUT2D eigenvalue weighted by Crippen LogP contribution is -2.28. The molecule has 4 nitrogen and oxygen atoms in total. The second kappa shape index (κ2) is 7.70. The maximum atomic E-state index is 10.5. The fourth-order valence-electron chi connectivity index (χ4n) is 3.15. The van der Waals surface area contributed by atoms with Crippen molar-refractivity contribution in [3.63, 3.8) is 0 Å². The smallest absolute Gasteiger partial charge is 0.170 e. The Hall–Kier alpha value is -3.01. The summed E-state index contributed by atoms with van der Waals surface area (Å²) in [5.74, 6) is 1.56. The molecule has 0 aliphatic carbocycles. The van der Waals surface area contributed by atoms with Crippen LogP contribution in [0, 0.1) is 0 Å². The second-order valence-corrected chi connectivity index (χ2v) is 7.16. The highest BCUT2D eigenvalue weighted by molar-refractivity contribution is 5.74. The lowest BCUT2D eigenvalue weighted by molar-refractivity contribution is -0.104. The molecular formula is C23H25NO3. The first kappa shape index (κ1) is 18.8. The van der Waals surface area contributed by atoms with E-state index in [2.05, 4.69) is 29.2 Å². The van der Waals surface area contributed by atoms with Crippen molar-refractivity contribution in [2.75, 3.05) is 19.1 Å². The lowest BCUT2D eigenvalue weighted by atomic mass is 10.00. The summed E-state index contributed by atoms with van der Waals surface area (Å²) in [5, 5.41) is 0. The van der Waals surface area contributed by atoms with Gasteiger partial charge in [-0.2, -0.15) is 0 Å². The van der Waals surface area contributed by atoms with E-state index in [1.807, 2.05) is 45.2 Å². The van der Waals surface area contributed by atoms with Crippen molar-refractivity contribution < 1.29 is 14.3 Å². The van der Waals surface area contributed by atoms with Crippen LogP contribution in [0.5, 0.6) is 11.5 Å². The number of benzene rings is 2. The molecule has 1 aliphatic heterocycles. The van der Waals surface area contributed by atoms with Crippen molar-refractivity contribution in [3.05, 3.63) is 65.2 Å². The van der Waals surface area contributed by atoms with Gasteiger partial charge in [0.25, 0.3) is 0 Å². The number of aldehydes is 1. The topological polar surface area (TPSA) is 38.8 Å². The molecule has 0 radical (unpaired) electrons. The highest BCUT2D eigenvalue weighted by atomic mass is 16.5. The van der Waals surface area contributed by atoms with E-state index in [0.29, 0.717) is 6.54 Å². The van der Waals surface area contributed by atoms with Gasteiger partial charge in [0, 0.05) is 30.4 Å². The van der Waals surface area contributed by atoms with Crippen LogP contribution in [0.4, 0.5) is 5.69 Å². The van der Waals surface area contributed by atoms with Crippen molar-refractivity contribution in [1.29, 1.82) is 0 Å². The Morgan fingerprint density at radius 3 is 2.78 bits per heavy atom. The Bertz CT molecular complexity index is 896. The quantitative estimate of drug-likeness (QED) is 0.549. The highest BCUT2D eigenvalue weighted by Gasteiger charge is 2.26. The molecule has 0 saturated carbocycles. The summed E-state index contributed by atoms with van der Waals surface area (Å²) in [5.41, 5.74) is 3.77. The number of carbonyl (C=O) groups is 1. The minimum absolute atomic E-state index is 0.357. The molecule has 0 saturated heterocycles.